The predicted molar refractivity (Wildman–Crippen MR) is 47.6 cm³/mol. The van der Waals surface area contributed by atoms with Crippen molar-refractivity contribution in [2.75, 3.05) is 7.05 Å². The van der Waals surface area contributed by atoms with Crippen molar-refractivity contribution in [3.63, 3.8) is 0 Å². The van der Waals surface area contributed by atoms with Gasteiger partial charge in [-0.3, -0.25) is 4.68 Å². The molecule has 0 radical (unpaired) electrons. The zero-order valence-corrected chi connectivity index (χ0v) is 7.74. The SMILES string of the molecule is CCn1nc(CNC)cc1C(=O)O. The van der Waals surface area contributed by atoms with Crippen LogP contribution in [-0.4, -0.2) is 27.9 Å². The summed E-state index contributed by atoms with van der Waals surface area (Å²) in [5.41, 5.74) is 0.995. The van der Waals surface area contributed by atoms with Crippen molar-refractivity contribution in [1.29, 1.82) is 0 Å². The van der Waals surface area contributed by atoms with Crippen molar-refractivity contribution >= 4 is 5.97 Å². The third-order valence-electron chi connectivity index (χ3n) is 1.71. The van der Waals surface area contributed by atoms with Gasteiger partial charge in [-0.25, -0.2) is 4.79 Å². The number of carbonyl (C=O) groups is 1. The lowest BCUT2D eigenvalue weighted by molar-refractivity contribution is 0.0683. The first-order valence-corrected chi connectivity index (χ1v) is 4.13. The van der Waals surface area contributed by atoms with Crippen LogP contribution in [0.4, 0.5) is 0 Å². The van der Waals surface area contributed by atoms with Crippen LogP contribution < -0.4 is 5.32 Å². The lowest BCUT2D eigenvalue weighted by Gasteiger charge is -1.97. The van der Waals surface area contributed by atoms with E-state index in [4.69, 9.17) is 5.11 Å². The number of aromatic nitrogens is 2. The third-order valence-corrected chi connectivity index (χ3v) is 1.71. The van der Waals surface area contributed by atoms with Gasteiger partial charge in [-0.15, -0.1) is 0 Å². The molecule has 1 aromatic heterocycles. The molecule has 0 bridgehead atoms. The van der Waals surface area contributed by atoms with E-state index in [0.717, 1.165) is 5.69 Å². The van der Waals surface area contributed by atoms with Gasteiger partial charge in [-0.1, -0.05) is 0 Å². The number of hydrogen-bond acceptors (Lipinski definition) is 3. The first-order chi connectivity index (χ1) is 6.19. The lowest BCUT2D eigenvalue weighted by Crippen LogP contribution is -2.09. The highest BCUT2D eigenvalue weighted by Gasteiger charge is 2.11. The summed E-state index contributed by atoms with van der Waals surface area (Å²) in [6.45, 7) is 3.03. The molecule has 0 fully saturated rings. The summed E-state index contributed by atoms with van der Waals surface area (Å²) in [5.74, 6) is -0.934. The van der Waals surface area contributed by atoms with Crippen LogP contribution in [0.25, 0.3) is 0 Å². The Hall–Kier alpha value is -1.36. The van der Waals surface area contributed by atoms with Crippen LogP contribution in [0.5, 0.6) is 0 Å². The van der Waals surface area contributed by atoms with Crippen molar-refractivity contribution in [3.05, 3.63) is 17.5 Å². The van der Waals surface area contributed by atoms with Crippen LogP contribution in [0.2, 0.25) is 0 Å². The van der Waals surface area contributed by atoms with Gasteiger partial charge >= 0.3 is 5.97 Å². The minimum Gasteiger partial charge on any atom is -0.477 e. The topological polar surface area (TPSA) is 67.2 Å². The summed E-state index contributed by atoms with van der Waals surface area (Å²) in [7, 11) is 1.80. The fourth-order valence-corrected chi connectivity index (χ4v) is 1.15. The first kappa shape index (κ1) is 9.73. The van der Waals surface area contributed by atoms with Gasteiger partial charge in [0.25, 0.3) is 0 Å². The Morgan fingerprint density at radius 3 is 2.85 bits per heavy atom. The molecule has 72 valence electrons. The van der Waals surface area contributed by atoms with E-state index >= 15 is 0 Å². The molecule has 13 heavy (non-hydrogen) atoms. The number of aromatic carboxylic acids is 1. The summed E-state index contributed by atoms with van der Waals surface area (Å²) >= 11 is 0. The minimum absolute atomic E-state index is 0.243. The Morgan fingerprint density at radius 1 is 1.77 bits per heavy atom. The van der Waals surface area contributed by atoms with Crippen LogP contribution in [0, 0.1) is 0 Å². The van der Waals surface area contributed by atoms with Crippen molar-refractivity contribution < 1.29 is 9.90 Å². The maximum Gasteiger partial charge on any atom is 0.354 e. The highest BCUT2D eigenvalue weighted by atomic mass is 16.4. The number of nitrogens with zero attached hydrogens (tertiary/aromatic N) is 2. The summed E-state index contributed by atoms with van der Waals surface area (Å²) in [6, 6.07) is 1.59. The Bertz CT molecular complexity index is 306. The minimum atomic E-state index is -0.934. The second-order valence-electron chi connectivity index (χ2n) is 2.67. The summed E-state index contributed by atoms with van der Waals surface area (Å²) in [5, 5.41) is 15.8. The monoisotopic (exact) mass is 183 g/mol. The van der Waals surface area contributed by atoms with E-state index in [-0.39, 0.29) is 5.69 Å². The third kappa shape index (κ3) is 2.06. The molecular formula is C8H13N3O2. The zero-order chi connectivity index (χ0) is 9.84. The molecule has 5 nitrogen and oxygen atoms in total. The molecule has 1 rings (SSSR count). The Balaban J connectivity index is 2.97. The molecule has 5 heteroatoms. The van der Waals surface area contributed by atoms with Crippen molar-refractivity contribution in [2.45, 2.75) is 20.0 Å². The van der Waals surface area contributed by atoms with E-state index < -0.39 is 5.97 Å². The number of nitrogens with one attached hydrogen (secondary N) is 1. The summed E-state index contributed by atoms with van der Waals surface area (Å²) in [6.07, 6.45) is 0. The molecule has 0 atom stereocenters. The van der Waals surface area contributed by atoms with Gasteiger partial charge in [0.1, 0.15) is 5.69 Å². The van der Waals surface area contributed by atoms with E-state index in [1.165, 1.54) is 4.68 Å². The van der Waals surface area contributed by atoms with Gasteiger partial charge < -0.3 is 10.4 Å². The molecule has 0 aromatic carbocycles. The maximum absolute atomic E-state index is 10.7. The van der Waals surface area contributed by atoms with E-state index in [1.807, 2.05) is 6.92 Å². The normalized spacial score (nSPS) is 10.3. The molecule has 0 unspecified atom stereocenters. The lowest BCUT2D eigenvalue weighted by atomic mass is 10.3. The molecule has 0 amide bonds. The average molecular weight is 183 g/mol. The second kappa shape index (κ2) is 4.04. The number of carboxylic acid groups (broad SMARTS) is 1. The average Bonchev–Trinajstić information content (AvgIpc) is 2.48. The summed E-state index contributed by atoms with van der Waals surface area (Å²) in [4.78, 5) is 10.7. The Kier molecular flexibility index (Phi) is 3.02. The Morgan fingerprint density at radius 2 is 2.46 bits per heavy atom. The Labute approximate surface area is 76.4 Å². The molecule has 0 aliphatic rings. The van der Waals surface area contributed by atoms with Gasteiger partial charge in [-0.2, -0.15) is 5.10 Å². The van der Waals surface area contributed by atoms with Gasteiger partial charge in [0, 0.05) is 13.1 Å². The number of rotatable bonds is 4. The van der Waals surface area contributed by atoms with Crippen molar-refractivity contribution in [1.82, 2.24) is 15.1 Å². The fourth-order valence-electron chi connectivity index (χ4n) is 1.15. The van der Waals surface area contributed by atoms with Gasteiger partial charge in [-0.05, 0) is 20.0 Å². The molecule has 0 aliphatic carbocycles. The summed E-state index contributed by atoms with van der Waals surface area (Å²) < 4.78 is 1.48. The molecule has 0 aliphatic heterocycles. The molecule has 2 N–H and O–H groups in total. The van der Waals surface area contributed by atoms with E-state index in [1.54, 1.807) is 13.1 Å². The highest BCUT2D eigenvalue weighted by molar-refractivity contribution is 5.85. The van der Waals surface area contributed by atoms with E-state index in [0.29, 0.717) is 13.1 Å². The molecule has 0 saturated carbocycles. The standard InChI is InChI=1S/C8H13N3O2/c1-3-11-7(8(12)13)4-6(10-11)5-9-2/h4,9H,3,5H2,1-2H3,(H,12,13). The predicted octanol–water partition coefficient (Wildman–Crippen LogP) is 0.321. The number of carboxylic acids is 1. The van der Waals surface area contributed by atoms with Gasteiger partial charge in [0.05, 0.1) is 5.69 Å². The van der Waals surface area contributed by atoms with Crippen LogP contribution >= 0.6 is 0 Å². The molecule has 0 spiro atoms. The number of hydrogen-bond donors (Lipinski definition) is 2. The fraction of sp³-hybridized carbons (Fsp3) is 0.500. The molecular weight excluding hydrogens is 170 g/mol. The van der Waals surface area contributed by atoms with Gasteiger partial charge in [0.15, 0.2) is 0 Å². The quantitative estimate of drug-likeness (QED) is 0.705. The molecule has 1 heterocycles. The first-order valence-electron chi connectivity index (χ1n) is 4.13. The largest absolute Gasteiger partial charge is 0.477 e. The van der Waals surface area contributed by atoms with E-state index in [2.05, 4.69) is 10.4 Å². The van der Waals surface area contributed by atoms with Crippen LogP contribution in [-0.2, 0) is 13.1 Å². The van der Waals surface area contributed by atoms with Gasteiger partial charge in [0.2, 0.25) is 0 Å². The smallest absolute Gasteiger partial charge is 0.354 e. The van der Waals surface area contributed by atoms with Crippen molar-refractivity contribution in [2.24, 2.45) is 0 Å². The van der Waals surface area contributed by atoms with Crippen LogP contribution in [0.1, 0.15) is 23.1 Å². The van der Waals surface area contributed by atoms with Crippen LogP contribution in [0.15, 0.2) is 6.07 Å². The zero-order valence-electron chi connectivity index (χ0n) is 7.74. The molecule has 0 saturated heterocycles. The molecule has 1 aromatic rings. The van der Waals surface area contributed by atoms with E-state index in [9.17, 15) is 4.79 Å². The van der Waals surface area contributed by atoms with Crippen molar-refractivity contribution in [3.8, 4) is 0 Å². The van der Waals surface area contributed by atoms with Crippen LogP contribution in [0.3, 0.4) is 0 Å². The highest BCUT2D eigenvalue weighted by Crippen LogP contribution is 2.04. The maximum atomic E-state index is 10.7. The second-order valence-corrected chi connectivity index (χ2v) is 2.67. The number of aryl methyl sites for hydroxylation is 1.